The Morgan fingerprint density at radius 1 is 0.727 bits per heavy atom. The Kier molecular flexibility index (Phi) is 22.9. The molecule has 0 aliphatic heterocycles. The molecule has 0 rings (SSSR count). The standard InChI is InChI=1S/C18H38O3.CH4/c1-2-3-4-5-6-7-8-9-10-11-12-13-14-15-18(20)21-17-16-19;/h18-20H,2-17H2,1H3;1H4. The highest BCUT2D eigenvalue weighted by Crippen LogP contribution is 2.13. The van der Waals surface area contributed by atoms with Crippen LogP contribution in [-0.2, 0) is 4.74 Å². The zero-order chi connectivity index (χ0) is 15.6. The maximum atomic E-state index is 9.42. The molecule has 3 nitrogen and oxygen atoms in total. The quantitative estimate of drug-likeness (QED) is 0.278. The molecule has 2 N–H and O–H groups in total. The lowest BCUT2D eigenvalue weighted by Crippen LogP contribution is -2.14. The van der Waals surface area contributed by atoms with Crippen molar-refractivity contribution in [3.8, 4) is 0 Å². The van der Waals surface area contributed by atoms with Gasteiger partial charge in [0, 0.05) is 0 Å². The van der Waals surface area contributed by atoms with Crippen LogP contribution in [0.2, 0.25) is 0 Å². The first-order valence-corrected chi connectivity index (χ1v) is 9.21. The molecule has 0 aromatic rings. The molecule has 22 heavy (non-hydrogen) atoms. The van der Waals surface area contributed by atoms with Crippen LogP contribution >= 0.6 is 0 Å². The molecule has 1 unspecified atom stereocenters. The smallest absolute Gasteiger partial charge is 0.154 e. The van der Waals surface area contributed by atoms with Crippen molar-refractivity contribution in [2.24, 2.45) is 0 Å². The van der Waals surface area contributed by atoms with Crippen LogP contribution in [0.1, 0.15) is 104 Å². The summed E-state index contributed by atoms with van der Waals surface area (Å²) in [5, 5.41) is 18.0. The number of hydrogen-bond donors (Lipinski definition) is 2. The maximum absolute atomic E-state index is 9.42. The summed E-state index contributed by atoms with van der Waals surface area (Å²) in [7, 11) is 0. The summed E-state index contributed by atoms with van der Waals surface area (Å²) in [6, 6.07) is 0. The van der Waals surface area contributed by atoms with Crippen LogP contribution in [0.4, 0.5) is 0 Å². The molecule has 136 valence electrons. The number of rotatable bonds is 17. The SMILES string of the molecule is C.CCCCCCCCCCCCCCCC(O)OCCO. The minimum Gasteiger partial charge on any atom is -0.394 e. The van der Waals surface area contributed by atoms with E-state index in [0.717, 1.165) is 6.42 Å². The van der Waals surface area contributed by atoms with E-state index in [2.05, 4.69) is 6.92 Å². The summed E-state index contributed by atoms with van der Waals surface area (Å²) in [5.41, 5.74) is 0. The first-order valence-electron chi connectivity index (χ1n) is 9.21. The lowest BCUT2D eigenvalue weighted by molar-refractivity contribution is -0.111. The monoisotopic (exact) mass is 318 g/mol. The number of aliphatic hydroxyl groups is 2. The van der Waals surface area contributed by atoms with E-state index in [1.807, 2.05) is 0 Å². The molecule has 0 saturated heterocycles. The third kappa shape index (κ3) is 19.9. The summed E-state index contributed by atoms with van der Waals surface area (Å²) in [6.07, 6.45) is 17.4. The fourth-order valence-corrected chi connectivity index (χ4v) is 2.61. The average Bonchev–Trinajstić information content (AvgIpc) is 2.49. The predicted octanol–water partition coefficient (Wildman–Crippen LogP) is 5.43. The predicted molar refractivity (Wildman–Crippen MR) is 96.1 cm³/mol. The third-order valence-electron chi connectivity index (χ3n) is 3.96. The van der Waals surface area contributed by atoms with Gasteiger partial charge in [0.2, 0.25) is 0 Å². The second kappa shape index (κ2) is 20.9. The van der Waals surface area contributed by atoms with Crippen LogP contribution in [0.15, 0.2) is 0 Å². The number of hydrogen-bond acceptors (Lipinski definition) is 3. The van der Waals surface area contributed by atoms with E-state index in [-0.39, 0.29) is 20.6 Å². The maximum Gasteiger partial charge on any atom is 0.154 e. The Morgan fingerprint density at radius 2 is 1.14 bits per heavy atom. The van der Waals surface area contributed by atoms with Crippen LogP contribution in [0.5, 0.6) is 0 Å². The molecule has 3 heteroatoms. The largest absolute Gasteiger partial charge is 0.394 e. The topological polar surface area (TPSA) is 49.7 Å². The van der Waals surface area contributed by atoms with E-state index in [0.29, 0.717) is 6.42 Å². The highest BCUT2D eigenvalue weighted by molar-refractivity contribution is 4.50. The van der Waals surface area contributed by atoms with Crippen LogP contribution < -0.4 is 0 Å². The molecule has 0 aromatic carbocycles. The van der Waals surface area contributed by atoms with Gasteiger partial charge in [-0.05, 0) is 12.8 Å². The van der Waals surface area contributed by atoms with Gasteiger partial charge in [-0.2, -0.15) is 0 Å². The number of unbranched alkanes of at least 4 members (excludes halogenated alkanes) is 12. The molecule has 0 aromatic heterocycles. The first-order chi connectivity index (χ1) is 10.3. The molecule has 0 aliphatic carbocycles. The fourth-order valence-electron chi connectivity index (χ4n) is 2.61. The van der Waals surface area contributed by atoms with E-state index < -0.39 is 6.29 Å². The Bertz CT molecular complexity index is 186. The van der Waals surface area contributed by atoms with Gasteiger partial charge >= 0.3 is 0 Å². The van der Waals surface area contributed by atoms with Gasteiger partial charge in [-0.1, -0.05) is 91.4 Å². The normalized spacial score (nSPS) is 12.1. The van der Waals surface area contributed by atoms with E-state index in [4.69, 9.17) is 9.84 Å². The molecule has 0 heterocycles. The Morgan fingerprint density at radius 3 is 1.55 bits per heavy atom. The van der Waals surface area contributed by atoms with Gasteiger partial charge in [0.25, 0.3) is 0 Å². The highest BCUT2D eigenvalue weighted by atomic mass is 16.6. The summed E-state index contributed by atoms with van der Waals surface area (Å²) < 4.78 is 5.00. The van der Waals surface area contributed by atoms with Crippen LogP contribution in [-0.4, -0.2) is 29.7 Å². The minimum atomic E-state index is -0.690. The second-order valence-corrected chi connectivity index (χ2v) is 6.08. The zero-order valence-electron chi connectivity index (χ0n) is 14.2. The number of aliphatic hydroxyl groups excluding tert-OH is 2. The summed E-state index contributed by atoms with van der Waals surface area (Å²) in [4.78, 5) is 0. The molecule has 0 spiro atoms. The molecule has 0 amide bonds. The van der Waals surface area contributed by atoms with Crippen LogP contribution in [0.25, 0.3) is 0 Å². The van der Waals surface area contributed by atoms with Crippen LogP contribution in [0.3, 0.4) is 0 Å². The molecule has 0 saturated carbocycles. The lowest BCUT2D eigenvalue weighted by atomic mass is 10.0. The van der Waals surface area contributed by atoms with Crippen molar-refractivity contribution in [2.45, 2.75) is 111 Å². The van der Waals surface area contributed by atoms with Gasteiger partial charge in [0.15, 0.2) is 6.29 Å². The van der Waals surface area contributed by atoms with Gasteiger partial charge in [-0.25, -0.2) is 0 Å². The van der Waals surface area contributed by atoms with Crippen molar-refractivity contribution in [1.29, 1.82) is 0 Å². The summed E-state index contributed by atoms with van der Waals surface area (Å²) in [6.45, 7) is 2.48. The van der Waals surface area contributed by atoms with Crippen molar-refractivity contribution in [1.82, 2.24) is 0 Å². The average molecular weight is 319 g/mol. The highest BCUT2D eigenvalue weighted by Gasteiger charge is 2.02. The van der Waals surface area contributed by atoms with Crippen molar-refractivity contribution < 1.29 is 14.9 Å². The van der Waals surface area contributed by atoms with E-state index in [1.165, 1.54) is 77.0 Å². The van der Waals surface area contributed by atoms with Gasteiger partial charge < -0.3 is 14.9 Å². The van der Waals surface area contributed by atoms with Crippen molar-refractivity contribution >= 4 is 0 Å². The van der Waals surface area contributed by atoms with Gasteiger partial charge in [0.05, 0.1) is 13.2 Å². The molecular formula is C19H42O3. The molecule has 0 radical (unpaired) electrons. The molecular weight excluding hydrogens is 276 g/mol. The Balaban J connectivity index is 0. The third-order valence-corrected chi connectivity index (χ3v) is 3.96. The second-order valence-electron chi connectivity index (χ2n) is 6.08. The first kappa shape index (κ1) is 24.1. The van der Waals surface area contributed by atoms with Crippen molar-refractivity contribution in [3.63, 3.8) is 0 Å². The Hall–Kier alpha value is -0.120. The Labute approximate surface area is 139 Å². The molecule has 0 fully saturated rings. The molecule has 0 bridgehead atoms. The molecule has 0 aliphatic rings. The zero-order valence-corrected chi connectivity index (χ0v) is 14.2. The fraction of sp³-hybridized carbons (Fsp3) is 1.00. The van der Waals surface area contributed by atoms with E-state index in [9.17, 15) is 5.11 Å². The van der Waals surface area contributed by atoms with Crippen molar-refractivity contribution in [2.75, 3.05) is 13.2 Å². The van der Waals surface area contributed by atoms with E-state index >= 15 is 0 Å². The van der Waals surface area contributed by atoms with Crippen molar-refractivity contribution in [3.05, 3.63) is 0 Å². The minimum absolute atomic E-state index is 0. The van der Waals surface area contributed by atoms with Gasteiger partial charge in [-0.15, -0.1) is 0 Å². The lowest BCUT2D eigenvalue weighted by Gasteiger charge is -2.10. The summed E-state index contributed by atoms with van der Waals surface area (Å²) >= 11 is 0. The van der Waals surface area contributed by atoms with E-state index in [1.54, 1.807) is 0 Å². The van der Waals surface area contributed by atoms with Crippen LogP contribution in [0, 0.1) is 0 Å². The van der Waals surface area contributed by atoms with Gasteiger partial charge in [0.1, 0.15) is 0 Å². The van der Waals surface area contributed by atoms with Gasteiger partial charge in [-0.3, -0.25) is 0 Å². The number of ether oxygens (including phenoxy) is 1. The summed E-state index contributed by atoms with van der Waals surface area (Å²) in [5.74, 6) is 0. The molecule has 1 atom stereocenters.